The number of benzene rings is 2. The number of anilines is 1. The van der Waals surface area contributed by atoms with Crippen molar-refractivity contribution in [3.05, 3.63) is 59.2 Å². The van der Waals surface area contributed by atoms with E-state index in [0.717, 1.165) is 36.5 Å². The maximum absolute atomic E-state index is 11.6. The van der Waals surface area contributed by atoms with Gasteiger partial charge in [0.25, 0.3) is 5.91 Å². The van der Waals surface area contributed by atoms with Crippen LogP contribution in [0.5, 0.6) is 0 Å². The van der Waals surface area contributed by atoms with Crippen LogP contribution in [0.1, 0.15) is 21.5 Å². The lowest BCUT2D eigenvalue weighted by Gasteiger charge is -2.29. The number of nitrogens with zero attached hydrogens (tertiary/aromatic N) is 3. The Balaban J connectivity index is 1.72. The van der Waals surface area contributed by atoms with Crippen LogP contribution in [-0.4, -0.2) is 27.2 Å². The molecule has 122 valence electrons. The maximum Gasteiger partial charge on any atom is 0.274 e. The number of imidazole rings is 1. The Hall–Kier alpha value is -2.86. The van der Waals surface area contributed by atoms with E-state index in [1.54, 1.807) is 17.6 Å². The van der Waals surface area contributed by atoms with Gasteiger partial charge >= 0.3 is 0 Å². The highest BCUT2D eigenvalue weighted by Crippen LogP contribution is 2.27. The number of hydrogen-bond acceptors (Lipinski definition) is 4. The van der Waals surface area contributed by atoms with Gasteiger partial charge in [-0.3, -0.25) is 10.0 Å². The van der Waals surface area contributed by atoms with Gasteiger partial charge in [0.1, 0.15) is 0 Å². The number of amides is 1. The Bertz CT molecular complexity index is 932. The van der Waals surface area contributed by atoms with Gasteiger partial charge < -0.3 is 9.47 Å². The van der Waals surface area contributed by atoms with Crippen LogP contribution in [-0.2, 0) is 20.0 Å². The van der Waals surface area contributed by atoms with Crippen molar-refractivity contribution < 1.29 is 10.0 Å². The number of carbonyl (C=O) groups excluding carboxylic acids is 1. The third-order valence-corrected chi connectivity index (χ3v) is 4.63. The fourth-order valence-electron chi connectivity index (χ4n) is 3.34. The van der Waals surface area contributed by atoms with Crippen LogP contribution >= 0.6 is 0 Å². The van der Waals surface area contributed by atoms with Gasteiger partial charge in [0.15, 0.2) is 0 Å². The average molecular weight is 322 g/mol. The van der Waals surface area contributed by atoms with Gasteiger partial charge in [0.05, 0.1) is 11.0 Å². The van der Waals surface area contributed by atoms with Crippen LogP contribution in [0.3, 0.4) is 0 Å². The van der Waals surface area contributed by atoms with Crippen LogP contribution < -0.4 is 10.4 Å². The molecule has 6 heteroatoms. The summed E-state index contributed by atoms with van der Waals surface area (Å²) in [6.45, 7) is 1.75. The molecule has 2 aromatic carbocycles. The Kier molecular flexibility index (Phi) is 3.46. The number of rotatable bonds is 2. The van der Waals surface area contributed by atoms with Crippen molar-refractivity contribution in [3.8, 4) is 0 Å². The SMILES string of the molecule is Cn1c(N2CCc3ccccc3C2)nc2cc(C(=O)NO)ccc21. The molecule has 0 atom stereocenters. The number of aryl methyl sites for hydroxylation is 1. The van der Waals surface area contributed by atoms with Crippen LogP contribution in [0.25, 0.3) is 11.0 Å². The molecule has 24 heavy (non-hydrogen) atoms. The van der Waals surface area contributed by atoms with Crippen molar-refractivity contribution in [2.24, 2.45) is 7.05 Å². The number of fused-ring (bicyclic) bond motifs is 2. The number of carbonyl (C=O) groups is 1. The number of aromatic nitrogens is 2. The van der Waals surface area contributed by atoms with Crippen molar-refractivity contribution in [1.82, 2.24) is 15.0 Å². The van der Waals surface area contributed by atoms with Gasteiger partial charge in [0, 0.05) is 25.7 Å². The lowest BCUT2D eigenvalue weighted by molar-refractivity contribution is 0.0706. The van der Waals surface area contributed by atoms with Gasteiger partial charge in [-0.25, -0.2) is 10.5 Å². The van der Waals surface area contributed by atoms with Gasteiger partial charge in [-0.1, -0.05) is 24.3 Å². The van der Waals surface area contributed by atoms with E-state index in [9.17, 15) is 4.79 Å². The zero-order valence-electron chi connectivity index (χ0n) is 13.4. The summed E-state index contributed by atoms with van der Waals surface area (Å²) >= 11 is 0. The van der Waals surface area contributed by atoms with Crippen LogP contribution in [0, 0.1) is 0 Å². The average Bonchev–Trinajstić information content (AvgIpc) is 2.96. The van der Waals surface area contributed by atoms with E-state index in [2.05, 4.69) is 29.2 Å². The smallest absolute Gasteiger partial charge is 0.274 e. The first-order valence-corrected chi connectivity index (χ1v) is 7.90. The summed E-state index contributed by atoms with van der Waals surface area (Å²) in [4.78, 5) is 18.6. The Morgan fingerprint density at radius 3 is 2.79 bits per heavy atom. The molecule has 0 radical (unpaired) electrons. The summed E-state index contributed by atoms with van der Waals surface area (Å²) in [5.74, 6) is 0.358. The monoisotopic (exact) mass is 322 g/mol. The van der Waals surface area contributed by atoms with E-state index in [-0.39, 0.29) is 0 Å². The topological polar surface area (TPSA) is 70.4 Å². The molecule has 0 saturated heterocycles. The second kappa shape index (κ2) is 5.65. The van der Waals surface area contributed by atoms with Gasteiger partial charge in [-0.2, -0.15) is 0 Å². The summed E-state index contributed by atoms with van der Waals surface area (Å²) < 4.78 is 2.05. The highest BCUT2D eigenvalue weighted by atomic mass is 16.5. The van der Waals surface area contributed by atoms with Crippen molar-refractivity contribution in [1.29, 1.82) is 0 Å². The van der Waals surface area contributed by atoms with Gasteiger partial charge in [-0.05, 0) is 35.7 Å². The minimum absolute atomic E-state index is 0.388. The Morgan fingerprint density at radius 1 is 1.21 bits per heavy atom. The first kappa shape index (κ1) is 14.7. The Labute approximate surface area is 139 Å². The lowest BCUT2D eigenvalue weighted by atomic mass is 10.0. The molecule has 2 N–H and O–H groups in total. The lowest BCUT2D eigenvalue weighted by Crippen LogP contribution is -2.32. The molecule has 0 unspecified atom stereocenters. The van der Waals surface area contributed by atoms with Gasteiger partial charge in [-0.15, -0.1) is 0 Å². The highest BCUT2D eigenvalue weighted by molar-refractivity contribution is 5.97. The molecule has 6 nitrogen and oxygen atoms in total. The molecule has 4 rings (SSSR count). The molecule has 0 bridgehead atoms. The zero-order chi connectivity index (χ0) is 16.7. The van der Waals surface area contributed by atoms with Gasteiger partial charge in [0.2, 0.25) is 5.95 Å². The molecule has 0 aliphatic carbocycles. The molecule has 1 aliphatic heterocycles. The fourth-order valence-corrected chi connectivity index (χ4v) is 3.34. The minimum Gasteiger partial charge on any atom is -0.338 e. The maximum atomic E-state index is 11.6. The molecule has 1 amide bonds. The van der Waals surface area contributed by atoms with Crippen molar-refractivity contribution >= 4 is 22.9 Å². The first-order valence-electron chi connectivity index (χ1n) is 7.90. The zero-order valence-corrected chi connectivity index (χ0v) is 13.4. The molecule has 0 fully saturated rings. The third kappa shape index (κ3) is 2.32. The highest BCUT2D eigenvalue weighted by Gasteiger charge is 2.21. The number of nitrogens with one attached hydrogen (secondary N) is 1. The molecular weight excluding hydrogens is 304 g/mol. The van der Waals surface area contributed by atoms with E-state index in [1.807, 2.05) is 17.7 Å². The predicted molar refractivity (Wildman–Crippen MR) is 91.2 cm³/mol. The molecule has 1 aliphatic rings. The summed E-state index contributed by atoms with van der Waals surface area (Å²) in [5, 5.41) is 8.78. The molecular formula is C18H18N4O2. The predicted octanol–water partition coefficient (Wildman–Crippen LogP) is 2.25. The van der Waals surface area contributed by atoms with E-state index in [4.69, 9.17) is 10.2 Å². The van der Waals surface area contributed by atoms with E-state index >= 15 is 0 Å². The quantitative estimate of drug-likeness (QED) is 0.561. The standard InChI is InChI=1S/C18H18N4O2/c1-21-16-7-6-13(17(23)20-24)10-15(16)19-18(21)22-9-8-12-4-2-3-5-14(12)11-22/h2-7,10,24H,8-9,11H2,1H3,(H,20,23). The largest absolute Gasteiger partial charge is 0.338 e. The fraction of sp³-hybridized carbons (Fsp3) is 0.222. The van der Waals surface area contributed by atoms with Crippen LogP contribution in [0.15, 0.2) is 42.5 Å². The number of hydrogen-bond donors (Lipinski definition) is 2. The molecule has 1 aromatic heterocycles. The van der Waals surface area contributed by atoms with E-state index in [1.165, 1.54) is 11.1 Å². The molecule has 0 saturated carbocycles. The van der Waals surface area contributed by atoms with E-state index in [0.29, 0.717) is 5.56 Å². The van der Waals surface area contributed by atoms with Crippen molar-refractivity contribution in [2.75, 3.05) is 11.4 Å². The summed E-state index contributed by atoms with van der Waals surface area (Å²) in [6.07, 6.45) is 0.998. The minimum atomic E-state index is -0.531. The second-order valence-corrected chi connectivity index (χ2v) is 6.06. The van der Waals surface area contributed by atoms with E-state index < -0.39 is 5.91 Å². The molecule has 2 heterocycles. The van der Waals surface area contributed by atoms with Crippen molar-refractivity contribution in [3.63, 3.8) is 0 Å². The second-order valence-electron chi connectivity index (χ2n) is 6.06. The summed E-state index contributed by atoms with van der Waals surface area (Å²) in [5.41, 5.74) is 6.47. The van der Waals surface area contributed by atoms with Crippen LogP contribution in [0.4, 0.5) is 5.95 Å². The third-order valence-electron chi connectivity index (χ3n) is 4.63. The summed E-state index contributed by atoms with van der Waals surface area (Å²) in [7, 11) is 1.98. The summed E-state index contributed by atoms with van der Waals surface area (Å²) in [6, 6.07) is 13.7. The molecule has 3 aromatic rings. The first-order chi connectivity index (χ1) is 11.7. The normalized spacial score (nSPS) is 13.8. The number of hydroxylamine groups is 1. The van der Waals surface area contributed by atoms with Crippen molar-refractivity contribution in [2.45, 2.75) is 13.0 Å². The Morgan fingerprint density at radius 2 is 2.00 bits per heavy atom. The molecule has 0 spiro atoms. The van der Waals surface area contributed by atoms with Crippen LogP contribution in [0.2, 0.25) is 0 Å².